The van der Waals surface area contributed by atoms with Gasteiger partial charge in [-0.25, -0.2) is 0 Å². The minimum absolute atomic E-state index is 0.616. The fraction of sp³-hybridized carbons (Fsp3) is 1.00. The van der Waals surface area contributed by atoms with Gasteiger partial charge in [0.05, 0.1) is 6.61 Å². The van der Waals surface area contributed by atoms with Crippen LogP contribution in [0.2, 0.25) is 0 Å². The molecule has 0 aliphatic carbocycles. The van der Waals surface area contributed by atoms with Crippen LogP contribution in [0, 0.1) is 5.92 Å². The van der Waals surface area contributed by atoms with Crippen LogP contribution in [0.1, 0.15) is 32.6 Å². The fourth-order valence-electron chi connectivity index (χ4n) is 2.84. The van der Waals surface area contributed by atoms with Crippen LogP contribution in [0.25, 0.3) is 0 Å². The van der Waals surface area contributed by atoms with Crippen LogP contribution in [0.15, 0.2) is 0 Å². The second-order valence-corrected chi connectivity index (χ2v) is 5.22. The smallest absolute Gasteiger partial charge is 0.0619 e. The second-order valence-electron chi connectivity index (χ2n) is 5.22. The van der Waals surface area contributed by atoms with Gasteiger partial charge in [0.25, 0.3) is 0 Å². The second kappa shape index (κ2) is 6.58. The average Bonchev–Trinajstić information content (AvgIpc) is 2.38. The standard InChI is InChI=1S/C13H26N2O/c1-2-15-7-3-5-12(10-15)9-14-13-6-4-8-16-11-13/h12-14H,2-11H2,1H3. The summed E-state index contributed by atoms with van der Waals surface area (Å²) in [5.74, 6) is 0.857. The molecular weight excluding hydrogens is 200 g/mol. The minimum Gasteiger partial charge on any atom is -0.380 e. The zero-order valence-corrected chi connectivity index (χ0v) is 10.6. The largest absolute Gasteiger partial charge is 0.380 e. The maximum Gasteiger partial charge on any atom is 0.0619 e. The van der Waals surface area contributed by atoms with Crippen LogP contribution >= 0.6 is 0 Å². The predicted molar refractivity (Wildman–Crippen MR) is 66.7 cm³/mol. The van der Waals surface area contributed by atoms with Crippen molar-refractivity contribution in [2.45, 2.75) is 38.6 Å². The molecule has 2 rings (SSSR count). The number of ether oxygens (including phenoxy) is 1. The zero-order valence-electron chi connectivity index (χ0n) is 10.6. The molecule has 0 aromatic heterocycles. The molecule has 0 spiro atoms. The highest BCUT2D eigenvalue weighted by Crippen LogP contribution is 2.16. The first-order chi connectivity index (χ1) is 7.88. The van der Waals surface area contributed by atoms with Crippen LogP contribution in [-0.4, -0.2) is 50.3 Å². The number of nitrogens with one attached hydrogen (secondary N) is 1. The first kappa shape index (κ1) is 12.3. The van der Waals surface area contributed by atoms with E-state index in [4.69, 9.17) is 4.74 Å². The topological polar surface area (TPSA) is 24.5 Å². The van der Waals surface area contributed by atoms with Crippen molar-refractivity contribution in [1.29, 1.82) is 0 Å². The van der Waals surface area contributed by atoms with Crippen molar-refractivity contribution in [1.82, 2.24) is 10.2 Å². The van der Waals surface area contributed by atoms with E-state index in [-0.39, 0.29) is 0 Å². The zero-order chi connectivity index (χ0) is 11.2. The van der Waals surface area contributed by atoms with Crippen molar-refractivity contribution >= 4 is 0 Å². The van der Waals surface area contributed by atoms with Crippen LogP contribution < -0.4 is 5.32 Å². The lowest BCUT2D eigenvalue weighted by atomic mass is 9.97. The molecule has 0 saturated carbocycles. The summed E-state index contributed by atoms with van der Waals surface area (Å²) in [7, 11) is 0. The number of likely N-dealkylation sites (tertiary alicyclic amines) is 1. The third-order valence-corrected chi connectivity index (χ3v) is 3.91. The number of hydrogen-bond acceptors (Lipinski definition) is 3. The highest BCUT2D eigenvalue weighted by Gasteiger charge is 2.20. The van der Waals surface area contributed by atoms with Crippen LogP contribution in [0.3, 0.4) is 0 Å². The number of nitrogens with zero attached hydrogens (tertiary/aromatic N) is 1. The molecule has 2 unspecified atom stereocenters. The molecule has 3 nitrogen and oxygen atoms in total. The summed E-state index contributed by atoms with van der Waals surface area (Å²) in [6.45, 7) is 9.14. The average molecular weight is 226 g/mol. The Balaban J connectivity index is 1.64. The first-order valence-electron chi connectivity index (χ1n) is 6.92. The van der Waals surface area contributed by atoms with E-state index < -0.39 is 0 Å². The molecule has 3 heteroatoms. The Morgan fingerprint density at radius 3 is 3.00 bits per heavy atom. The molecule has 0 aromatic carbocycles. The maximum absolute atomic E-state index is 5.49. The van der Waals surface area contributed by atoms with E-state index in [2.05, 4.69) is 17.1 Å². The molecule has 1 N–H and O–H groups in total. The maximum atomic E-state index is 5.49. The highest BCUT2D eigenvalue weighted by atomic mass is 16.5. The van der Waals surface area contributed by atoms with Gasteiger partial charge in [-0.15, -0.1) is 0 Å². The molecule has 0 radical (unpaired) electrons. The summed E-state index contributed by atoms with van der Waals surface area (Å²) < 4.78 is 5.49. The van der Waals surface area contributed by atoms with Gasteiger partial charge in [0, 0.05) is 19.2 Å². The lowest BCUT2D eigenvalue weighted by Gasteiger charge is -2.33. The van der Waals surface area contributed by atoms with Crippen molar-refractivity contribution < 1.29 is 4.74 Å². The molecule has 0 aromatic rings. The molecule has 94 valence electrons. The van der Waals surface area contributed by atoms with Gasteiger partial charge in [0.2, 0.25) is 0 Å². The molecule has 2 saturated heterocycles. The van der Waals surface area contributed by atoms with E-state index in [0.717, 1.165) is 19.1 Å². The minimum atomic E-state index is 0.616. The Labute approximate surface area is 99.5 Å². The van der Waals surface area contributed by atoms with Crippen molar-refractivity contribution in [2.24, 2.45) is 5.92 Å². The Morgan fingerprint density at radius 1 is 1.31 bits per heavy atom. The van der Waals surface area contributed by atoms with E-state index in [0.29, 0.717) is 6.04 Å². The van der Waals surface area contributed by atoms with Crippen molar-refractivity contribution in [3.05, 3.63) is 0 Å². The Kier molecular flexibility index (Phi) is 5.07. The summed E-state index contributed by atoms with van der Waals surface area (Å²) in [6, 6.07) is 0.616. The van der Waals surface area contributed by atoms with E-state index in [9.17, 15) is 0 Å². The quantitative estimate of drug-likeness (QED) is 0.786. The molecule has 2 heterocycles. The molecule has 2 aliphatic heterocycles. The van der Waals surface area contributed by atoms with Crippen LogP contribution in [-0.2, 0) is 4.74 Å². The van der Waals surface area contributed by atoms with Crippen molar-refractivity contribution in [3.63, 3.8) is 0 Å². The molecule has 2 aliphatic rings. The van der Waals surface area contributed by atoms with Crippen molar-refractivity contribution in [2.75, 3.05) is 39.4 Å². The van der Waals surface area contributed by atoms with E-state index in [1.807, 2.05) is 0 Å². The SMILES string of the molecule is CCN1CCCC(CNC2CCCOC2)C1. The summed E-state index contributed by atoms with van der Waals surface area (Å²) >= 11 is 0. The van der Waals surface area contributed by atoms with E-state index in [1.165, 1.54) is 51.9 Å². The normalized spacial score (nSPS) is 32.8. The van der Waals surface area contributed by atoms with Gasteiger partial charge in [-0.05, 0) is 51.2 Å². The molecule has 0 amide bonds. The summed E-state index contributed by atoms with van der Waals surface area (Å²) in [5, 5.41) is 3.68. The lowest BCUT2D eigenvalue weighted by Crippen LogP contribution is -2.44. The van der Waals surface area contributed by atoms with Gasteiger partial charge >= 0.3 is 0 Å². The molecule has 16 heavy (non-hydrogen) atoms. The highest BCUT2D eigenvalue weighted by molar-refractivity contribution is 4.77. The predicted octanol–water partition coefficient (Wildman–Crippen LogP) is 1.49. The van der Waals surface area contributed by atoms with E-state index in [1.54, 1.807) is 0 Å². The van der Waals surface area contributed by atoms with Gasteiger partial charge in [0.1, 0.15) is 0 Å². The Hall–Kier alpha value is -0.120. The number of rotatable bonds is 4. The number of piperidine rings is 1. The van der Waals surface area contributed by atoms with Gasteiger partial charge in [-0.2, -0.15) is 0 Å². The van der Waals surface area contributed by atoms with Crippen molar-refractivity contribution in [3.8, 4) is 0 Å². The monoisotopic (exact) mass is 226 g/mol. The number of hydrogen-bond donors (Lipinski definition) is 1. The van der Waals surface area contributed by atoms with Crippen LogP contribution in [0.4, 0.5) is 0 Å². The van der Waals surface area contributed by atoms with Gasteiger partial charge in [0.15, 0.2) is 0 Å². The molecule has 0 bridgehead atoms. The van der Waals surface area contributed by atoms with E-state index >= 15 is 0 Å². The van der Waals surface area contributed by atoms with Gasteiger partial charge in [-0.1, -0.05) is 6.92 Å². The molecular formula is C13H26N2O. The lowest BCUT2D eigenvalue weighted by molar-refractivity contribution is 0.0667. The summed E-state index contributed by atoms with van der Waals surface area (Å²) in [4.78, 5) is 2.58. The van der Waals surface area contributed by atoms with Crippen LogP contribution in [0.5, 0.6) is 0 Å². The molecule has 2 fully saturated rings. The third kappa shape index (κ3) is 3.72. The molecule has 2 atom stereocenters. The third-order valence-electron chi connectivity index (χ3n) is 3.91. The summed E-state index contributed by atoms with van der Waals surface area (Å²) in [6.07, 6.45) is 5.30. The van der Waals surface area contributed by atoms with Gasteiger partial charge in [-0.3, -0.25) is 0 Å². The van der Waals surface area contributed by atoms with Gasteiger partial charge < -0.3 is 15.0 Å². The Bertz CT molecular complexity index is 192. The fourth-order valence-corrected chi connectivity index (χ4v) is 2.84. The Morgan fingerprint density at radius 2 is 2.25 bits per heavy atom. The first-order valence-corrected chi connectivity index (χ1v) is 6.92. The summed E-state index contributed by atoms with van der Waals surface area (Å²) in [5.41, 5.74) is 0.